The minimum atomic E-state index is -4.89. The van der Waals surface area contributed by atoms with Crippen LogP contribution in [0.4, 0.5) is 18.9 Å². The van der Waals surface area contributed by atoms with Crippen LogP contribution in [0.25, 0.3) is 0 Å². The SMILES string of the molecule is COc1ccc(NC(=O)C[C@@](C)(O)C(F)(F)F)cc1Cl. The van der Waals surface area contributed by atoms with E-state index < -0.39 is 24.1 Å². The van der Waals surface area contributed by atoms with Gasteiger partial charge in [-0.25, -0.2) is 0 Å². The number of methoxy groups -OCH3 is 1. The molecule has 0 aliphatic rings. The zero-order valence-corrected chi connectivity index (χ0v) is 11.5. The van der Waals surface area contributed by atoms with Crippen molar-refractivity contribution in [2.75, 3.05) is 12.4 Å². The molecule has 0 radical (unpaired) electrons. The van der Waals surface area contributed by atoms with Crippen LogP contribution in [0.2, 0.25) is 5.02 Å². The molecular weight excluding hydrogens is 299 g/mol. The Kier molecular flexibility index (Phi) is 4.88. The van der Waals surface area contributed by atoms with E-state index in [-0.39, 0.29) is 10.7 Å². The summed E-state index contributed by atoms with van der Waals surface area (Å²) >= 11 is 5.81. The lowest BCUT2D eigenvalue weighted by molar-refractivity contribution is -0.252. The summed E-state index contributed by atoms with van der Waals surface area (Å²) in [5.41, 5.74) is -2.88. The van der Waals surface area contributed by atoms with E-state index in [1.807, 2.05) is 0 Å². The normalized spacial score (nSPS) is 14.6. The van der Waals surface area contributed by atoms with Crippen molar-refractivity contribution in [1.29, 1.82) is 0 Å². The predicted octanol–water partition coefficient (Wildman–Crippen LogP) is 2.99. The predicted molar refractivity (Wildman–Crippen MR) is 67.9 cm³/mol. The fraction of sp³-hybridized carbons (Fsp3) is 0.417. The number of anilines is 1. The first-order chi connectivity index (χ1) is 9.06. The number of benzene rings is 1. The zero-order valence-electron chi connectivity index (χ0n) is 10.7. The van der Waals surface area contributed by atoms with E-state index in [4.69, 9.17) is 16.3 Å². The molecule has 8 heteroatoms. The van der Waals surface area contributed by atoms with Crippen molar-refractivity contribution >= 4 is 23.2 Å². The zero-order chi connectivity index (χ0) is 15.6. The van der Waals surface area contributed by atoms with Crippen molar-refractivity contribution in [3.8, 4) is 5.75 Å². The highest BCUT2D eigenvalue weighted by Crippen LogP contribution is 2.33. The van der Waals surface area contributed by atoms with Gasteiger partial charge in [-0.2, -0.15) is 13.2 Å². The number of hydrogen-bond donors (Lipinski definition) is 2. The molecule has 0 heterocycles. The number of alkyl halides is 3. The maximum Gasteiger partial charge on any atom is 0.417 e. The Labute approximate surface area is 118 Å². The van der Waals surface area contributed by atoms with E-state index in [0.717, 1.165) is 0 Å². The summed E-state index contributed by atoms with van der Waals surface area (Å²) in [6.07, 6.45) is -6.00. The lowest BCUT2D eigenvalue weighted by Gasteiger charge is -2.25. The van der Waals surface area contributed by atoms with E-state index in [1.165, 1.54) is 25.3 Å². The molecule has 0 saturated heterocycles. The van der Waals surface area contributed by atoms with Crippen LogP contribution in [0, 0.1) is 0 Å². The van der Waals surface area contributed by atoms with Crippen LogP contribution in [0.5, 0.6) is 5.75 Å². The molecule has 0 aromatic heterocycles. The molecule has 4 nitrogen and oxygen atoms in total. The van der Waals surface area contributed by atoms with Crippen molar-refractivity contribution < 1.29 is 27.8 Å². The van der Waals surface area contributed by atoms with Crippen LogP contribution in [0.15, 0.2) is 18.2 Å². The molecule has 0 bridgehead atoms. The molecule has 0 saturated carbocycles. The maximum atomic E-state index is 12.4. The lowest BCUT2D eigenvalue weighted by atomic mass is 10.0. The number of hydrogen-bond acceptors (Lipinski definition) is 3. The molecule has 20 heavy (non-hydrogen) atoms. The average molecular weight is 312 g/mol. The fourth-order valence-electron chi connectivity index (χ4n) is 1.36. The Balaban J connectivity index is 2.75. The molecule has 0 unspecified atom stereocenters. The third kappa shape index (κ3) is 4.01. The Bertz CT molecular complexity index is 503. The van der Waals surface area contributed by atoms with Crippen LogP contribution < -0.4 is 10.1 Å². The third-order valence-electron chi connectivity index (χ3n) is 2.55. The van der Waals surface area contributed by atoms with Gasteiger partial charge in [0.2, 0.25) is 5.91 Å². The summed E-state index contributed by atoms with van der Waals surface area (Å²) in [6, 6.07) is 4.21. The molecular formula is C12H13ClF3NO3. The van der Waals surface area contributed by atoms with E-state index >= 15 is 0 Å². The number of ether oxygens (including phenoxy) is 1. The van der Waals surface area contributed by atoms with Crippen molar-refractivity contribution in [2.24, 2.45) is 0 Å². The van der Waals surface area contributed by atoms with Crippen LogP contribution in [-0.2, 0) is 4.79 Å². The van der Waals surface area contributed by atoms with Crippen molar-refractivity contribution in [1.82, 2.24) is 0 Å². The van der Waals surface area contributed by atoms with Crippen LogP contribution in [-0.4, -0.2) is 29.9 Å². The third-order valence-corrected chi connectivity index (χ3v) is 2.85. The van der Waals surface area contributed by atoms with Crippen LogP contribution >= 0.6 is 11.6 Å². The number of halogens is 4. The number of carbonyl (C=O) groups is 1. The quantitative estimate of drug-likeness (QED) is 0.898. The summed E-state index contributed by atoms with van der Waals surface area (Å²) in [4.78, 5) is 11.5. The topological polar surface area (TPSA) is 58.6 Å². The average Bonchev–Trinajstić information content (AvgIpc) is 2.26. The number of nitrogens with one attached hydrogen (secondary N) is 1. The van der Waals surface area contributed by atoms with Crippen molar-refractivity contribution in [3.05, 3.63) is 23.2 Å². The number of rotatable bonds is 4. The van der Waals surface area contributed by atoms with Gasteiger partial charge in [-0.1, -0.05) is 11.6 Å². The number of carbonyl (C=O) groups excluding carboxylic acids is 1. The molecule has 112 valence electrons. The highest BCUT2D eigenvalue weighted by atomic mass is 35.5. The minimum Gasteiger partial charge on any atom is -0.495 e. The van der Waals surface area contributed by atoms with E-state index in [9.17, 15) is 23.1 Å². The molecule has 1 rings (SSSR count). The molecule has 1 atom stereocenters. The first-order valence-electron chi connectivity index (χ1n) is 5.49. The van der Waals surface area contributed by atoms with Gasteiger partial charge in [0.1, 0.15) is 5.75 Å². The molecule has 0 aliphatic carbocycles. The van der Waals surface area contributed by atoms with Gasteiger partial charge in [0.05, 0.1) is 18.6 Å². The van der Waals surface area contributed by atoms with Crippen molar-refractivity contribution in [2.45, 2.75) is 25.1 Å². The van der Waals surface area contributed by atoms with Crippen LogP contribution in [0.1, 0.15) is 13.3 Å². The Morgan fingerprint density at radius 2 is 2.05 bits per heavy atom. The molecule has 0 aliphatic heterocycles. The Hall–Kier alpha value is -1.47. The standard InChI is InChI=1S/C12H13ClF3NO3/c1-11(19,12(14,15)16)6-10(18)17-7-3-4-9(20-2)8(13)5-7/h3-5,19H,6H2,1-2H3,(H,17,18)/t11-/m1/s1. The fourth-order valence-corrected chi connectivity index (χ4v) is 1.62. The second kappa shape index (κ2) is 5.88. The molecule has 0 fully saturated rings. The van der Waals surface area contributed by atoms with E-state index in [2.05, 4.69) is 5.32 Å². The number of aliphatic hydroxyl groups is 1. The second-order valence-electron chi connectivity index (χ2n) is 4.35. The highest BCUT2D eigenvalue weighted by molar-refractivity contribution is 6.32. The highest BCUT2D eigenvalue weighted by Gasteiger charge is 2.50. The van der Waals surface area contributed by atoms with Crippen molar-refractivity contribution in [3.63, 3.8) is 0 Å². The van der Waals surface area contributed by atoms with Gasteiger partial charge < -0.3 is 15.2 Å². The first kappa shape index (κ1) is 16.6. The largest absolute Gasteiger partial charge is 0.495 e. The smallest absolute Gasteiger partial charge is 0.417 e. The second-order valence-corrected chi connectivity index (χ2v) is 4.75. The molecule has 1 amide bonds. The summed E-state index contributed by atoms with van der Waals surface area (Å²) in [6.45, 7) is 0.535. The molecule has 2 N–H and O–H groups in total. The van der Waals surface area contributed by atoms with Gasteiger partial charge >= 0.3 is 6.18 Å². The summed E-state index contributed by atoms with van der Waals surface area (Å²) in [5.74, 6) is -0.611. The van der Waals surface area contributed by atoms with Gasteiger partial charge in [-0.3, -0.25) is 4.79 Å². The summed E-state index contributed by atoms with van der Waals surface area (Å²) in [5, 5.41) is 11.6. The summed E-state index contributed by atoms with van der Waals surface area (Å²) < 4.78 is 42.2. The summed E-state index contributed by atoms with van der Waals surface area (Å²) in [7, 11) is 1.40. The number of amides is 1. The van der Waals surface area contributed by atoms with Gasteiger partial charge in [-0.15, -0.1) is 0 Å². The van der Waals surface area contributed by atoms with Gasteiger partial charge in [0.25, 0.3) is 0 Å². The van der Waals surface area contributed by atoms with E-state index in [0.29, 0.717) is 12.7 Å². The van der Waals surface area contributed by atoms with Gasteiger partial charge in [0.15, 0.2) is 5.60 Å². The Morgan fingerprint density at radius 1 is 1.45 bits per heavy atom. The Morgan fingerprint density at radius 3 is 2.50 bits per heavy atom. The van der Waals surface area contributed by atoms with Gasteiger partial charge in [-0.05, 0) is 25.1 Å². The molecule has 1 aromatic carbocycles. The minimum absolute atomic E-state index is 0.202. The molecule has 0 spiro atoms. The van der Waals surface area contributed by atoms with Gasteiger partial charge in [0, 0.05) is 5.69 Å². The van der Waals surface area contributed by atoms with E-state index in [1.54, 1.807) is 0 Å². The monoisotopic (exact) mass is 311 g/mol. The lowest BCUT2D eigenvalue weighted by Crippen LogP contribution is -2.44. The molecule has 1 aromatic rings. The van der Waals surface area contributed by atoms with Crippen LogP contribution in [0.3, 0.4) is 0 Å². The maximum absolute atomic E-state index is 12.4. The first-order valence-corrected chi connectivity index (χ1v) is 5.87.